The number of benzene rings is 1. The number of hydrogen-bond acceptors (Lipinski definition) is 3. The average Bonchev–Trinajstić information content (AvgIpc) is 2.59. The molecule has 1 aliphatic heterocycles. The summed E-state index contributed by atoms with van der Waals surface area (Å²) >= 11 is 0. The van der Waals surface area contributed by atoms with Gasteiger partial charge in [0.2, 0.25) is 0 Å². The smallest absolute Gasteiger partial charge is 0.399 e. The minimum Gasteiger partial charge on any atom is -0.399 e. The molecule has 1 fully saturated rings. The van der Waals surface area contributed by atoms with Gasteiger partial charge in [-0.1, -0.05) is 31.2 Å². The first-order valence-corrected chi connectivity index (χ1v) is 7.46. The summed E-state index contributed by atoms with van der Waals surface area (Å²) in [6, 6.07) is 8.80. The van der Waals surface area contributed by atoms with E-state index in [0.29, 0.717) is 6.04 Å². The van der Waals surface area contributed by atoms with E-state index in [1.165, 1.54) is 5.56 Å². The summed E-state index contributed by atoms with van der Waals surface area (Å²) < 4.78 is 12.2. The van der Waals surface area contributed by atoms with Gasteiger partial charge in [0, 0.05) is 6.04 Å². The molecule has 0 spiro atoms. The predicted molar refractivity (Wildman–Crippen MR) is 84.2 cm³/mol. The van der Waals surface area contributed by atoms with Gasteiger partial charge in [0.05, 0.1) is 11.2 Å². The first-order chi connectivity index (χ1) is 9.27. The zero-order valence-corrected chi connectivity index (χ0v) is 13.5. The molecule has 3 nitrogen and oxygen atoms in total. The van der Waals surface area contributed by atoms with Gasteiger partial charge in [-0.25, -0.2) is 0 Å². The molecule has 4 heteroatoms. The van der Waals surface area contributed by atoms with Crippen molar-refractivity contribution in [2.75, 3.05) is 6.54 Å². The molecule has 0 saturated carbocycles. The summed E-state index contributed by atoms with van der Waals surface area (Å²) in [4.78, 5) is 0. The largest absolute Gasteiger partial charge is 0.494 e. The number of hydrogen-bond donors (Lipinski definition) is 1. The first kappa shape index (κ1) is 15.6. The lowest BCUT2D eigenvalue weighted by Crippen LogP contribution is -2.41. The Hall–Kier alpha value is -0.835. The summed E-state index contributed by atoms with van der Waals surface area (Å²) in [7, 11) is -0.284. The van der Waals surface area contributed by atoms with Crippen LogP contribution in [-0.2, 0) is 9.31 Å². The van der Waals surface area contributed by atoms with Crippen LogP contribution in [0.1, 0.15) is 53.1 Å². The molecule has 1 atom stereocenters. The number of rotatable bonds is 4. The van der Waals surface area contributed by atoms with Crippen molar-refractivity contribution in [3.05, 3.63) is 29.8 Å². The molecule has 1 aliphatic rings. The lowest BCUT2D eigenvalue weighted by atomic mass is 9.78. The molecule has 0 aliphatic carbocycles. The average molecular weight is 275 g/mol. The van der Waals surface area contributed by atoms with Crippen LogP contribution in [0.3, 0.4) is 0 Å². The summed E-state index contributed by atoms with van der Waals surface area (Å²) in [5.74, 6) is 0. The summed E-state index contributed by atoms with van der Waals surface area (Å²) in [5, 5.41) is 3.43. The lowest BCUT2D eigenvalue weighted by molar-refractivity contribution is 0.00578. The van der Waals surface area contributed by atoms with Gasteiger partial charge in [-0.15, -0.1) is 0 Å². The highest BCUT2D eigenvalue weighted by atomic mass is 16.7. The minimum absolute atomic E-state index is 0.284. The quantitative estimate of drug-likeness (QED) is 0.857. The maximum Gasteiger partial charge on any atom is 0.494 e. The highest BCUT2D eigenvalue weighted by Gasteiger charge is 2.51. The third kappa shape index (κ3) is 2.92. The van der Waals surface area contributed by atoms with Crippen molar-refractivity contribution in [1.29, 1.82) is 0 Å². The topological polar surface area (TPSA) is 30.5 Å². The fraction of sp³-hybridized carbons (Fsp3) is 0.625. The van der Waals surface area contributed by atoms with Gasteiger partial charge in [-0.2, -0.15) is 0 Å². The molecule has 1 aromatic rings. The van der Waals surface area contributed by atoms with Crippen LogP contribution in [-0.4, -0.2) is 24.9 Å². The first-order valence-electron chi connectivity index (χ1n) is 7.46. The zero-order valence-electron chi connectivity index (χ0n) is 13.5. The van der Waals surface area contributed by atoms with E-state index < -0.39 is 0 Å². The van der Waals surface area contributed by atoms with Gasteiger partial charge >= 0.3 is 7.12 Å². The van der Waals surface area contributed by atoms with Gasteiger partial charge in [0.1, 0.15) is 0 Å². The minimum atomic E-state index is -0.291. The zero-order chi connectivity index (χ0) is 15.0. The monoisotopic (exact) mass is 275 g/mol. The Balaban J connectivity index is 2.21. The van der Waals surface area contributed by atoms with E-state index in [9.17, 15) is 0 Å². The Bertz CT molecular complexity index is 457. The van der Waals surface area contributed by atoms with Gasteiger partial charge < -0.3 is 14.6 Å². The van der Waals surface area contributed by atoms with Crippen LogP contribution in [0.2, 0.25) is 0 Å². The molecule has 1 N–H and O–H groups in total. The van der Waals surface area contributed by atoms with Crippen molar-refractivity contribution >= 4 is 12.6 Å². The molecule has 0 unspecified atom stereocenters. The third-order valence-corrected chi connectivity index (χ3v) is 4.45. The molecule has 0 amide bonds. The molecular formula is C16H26BNO2. The fourth-order valence-corrected chi connectivity index (χ4v) is 2.38. The van der Waals surface area contributed by atoms with E-state index in [1.807, 2.05) is 0 Å². The van der Waals surface area contributed by atoms with Crippen molar-refractivity contribution in [3.63, 3.8) is 0 Å². The van der Waals surface area contributed by atoms with E-state index >= 15 is 0 Å². The van der Waals surface area contributed by atoms with Crippen molar-refractivity contribution in [3.8, 4) is 0 Å². The highest BCUT2D eigenvalue weighted by molar-refractivity contribution is 6.62. The van der Waals surface area contributed by atoms with Gasteiger partial charge in [0.15, 0.2) is 0 Å². The summed E-state index contributed by atoms with van der Waals surface area (Å²) in [6.45, 7) is 13.6. The maximum atomic E-state index is 6.10. The molecule has 20 heavy (non-hydrogen) atoms. The third-order valence-electron chi connectivity index (χ3n) is 4.45. The number of nitrogens with one attached hydrogen (secondary N) is 1. The van der Waals surface area contributed by atoms with Crippen LogP contribution in [0.15, 0.2) is 24.3 Å². The molecule has 0 radical (unpaired) electrons. The Labute approximate surface area is 123 Å². The second kappa shape index (κ2) is 5.51. The van der Waals surface area contributed by atoms with Crippen LogP contribution >= 0.6 is 0 Å². The Morgan fingerprint density at radius 1 is 1.15 bits per heavy atom. The summed E-state index contributed by atoms with van der Waals surface area (Å²) in [5.41, 5.74) is 1.77. The van der Waals surface area contributed by atoms with E-state index in [4.69, 9.17) is 9.31 Å². The summed E-state index contributed by atoms with van der Waals surface area (Å²) in [6.07, 6.45) is 0. The van der Waals surface area contributed by atoms with E-state index in [-0.39, 0.29) is 18.3 Å². The Morgan fingerprint density at radius 2 is 1.75 bits per heavy atom. The second-order valence-electron chi connectivity index (χ2n) is 6.54. The van der Waals surface area contributed by atoms with Crippen LogP contribution in [0.25, 0.3) is 0 Å². The second-order valence-corrected chi connectivity index (χ2v) is 6.54. The maximum absolute atomic E-state index is 6.10. The van der Waals surface area contributed by atoms with Crippen molar-refractivity contribution < 1.29 is 9.31 Å². The van der Waals surface area contributed by atoms with Gasteiger partial charge in [0.25, 0.3) is 0 Å². The van der Waals surface area contributed by atoms with Crippen molar-refractivity contribution in [2.24, 2.45) is 0 Å². The molecule has 2 rings (SSSR count). The van der Waals surface area contributed by atoms with E-state index in [1.54, 1.807) is 0 Å². The molecular weight excluding hydrogens is 249 g/mol. The van der Waals surface area contributed by atoms with Gasteiger partial charge in [-0.3, -0.25) is 0 Å². The molecule has 1 saturated heterocycles. The van der Waals surface area contributed by atoms with Gasteiger partial charge in [-0.05, 0) is 52.2 Å². The van der Waals surface area contributed by atoms with Crippen LogP contribution < -0.4 is 10.8 Å². The van der Waals surface area contributed by atoms with Crippen LogP contribution in [0.5, 0.6) is 0 Å². The standard InChI is InChI=1S/C16H26BNO2/c1-7-18-12(2)13-9-8-10-14(11-13)17-19-15(3,4)16(5,6)20-17/h8-12,18H,7H2,1-6H3/t12-/m1/s1. The highest BCUT2D eigenvalue weighted by Crippen LogP contribution is 2.36. The van der Waals surface area contributed by atoms with E-state index in [2.05, 4.69) is 71.1 Å². The van der Waals surface area contributed by atoms with E-state index in [0.717, 1.165) is 12.0 Å². The fourth-order valence-electron chi connectivity index (χ4n) is 2.38. The predicted octanol–water partition coefficient (Wildman–Crippen LogP) is 2.66. The van der Waals surface area contributed by atoms with Crippen molar-refractivity contribution in [2.45, 2.75) is 58.8 Å². The lowest BCUT2D eigenvalue weighted by Gasteiger charge is -2.32. The Kier molecular flexibility index (Phi) is 4.28. The molecule has 0 bridgehead atoms. The molecule has 0 aromatic heterocycles. The Morgan fingerprint density at radius 3 is 2.30 bits per heavy atom. The van der Waals surface area contributed by atoms with Crippen molar-refractivity contribution in [1.82, 2.24) is 5.32 Å². The van der Waals surface area contributed by atoms with Crippen LogP contribution in [0, 0.1) is 0 Å². The normalized spacial score (nSPS) is 22.0. The molecule has 1 aromatic carbocycles. The van der Waals surface area contributed by atoms with Crippen LogP contribution in [0.4, 0.5) is 0 Å². The SMILES string of the molecule is CCN[C@H](C)c1cccc(B2OC(C)(C)C(C)(C)O2)c1. The molecule has 110 valence electrons. The molecule has 1 heterocycles.